The predicted octanol–water partition coefficient (Wildman–Crippen LogP) is -0.365. The zero-order chi connectivity index (χ0) is 9.14. The van der Waals surface area contributed by atoms with Gasteiger partial charge in [-0.05, 0) is 17.7 Å². The SMILES string of the molecule is O=C([O-])c1cccc(N(O)O)c1. The number of aromatic carboxylic acids is 1. The van der Waals surface area contributed by atoms with Gasteiger partial charge < -0.3 is 9.90 Å². The minimum atomic E-state index is -1.36. The lowest BCUT2D eigenvalue weighted by Crippen LogP contribution is -2.22. The molecule has 1 aromatic carbocycles. The summed E-state index contributed by atoms with van der Waals surface area (Å²) in [5.74, 6) is -1.36. The molecule has 0 bridgehead atoms. The van der Waals surface area contributed by atoms with E-state index in [9.17, 15) is 9.90 Å². The molecule has 0 aromatic heterocycles. The summed E-state index contributed by atoms with van der Waals surface area (Å²) in [5.41, 5.74) is -0.141. The first-order chi connectivity index (χ1) is 5.61. The lowest BCUT2D eigenvalue weighted by Gasteiger charge is -2.09. The second-order valence-corrected chi connectivity index (χ2v) is 2.13. The van der Waals surface area contributed by atoms with Gasteiger partial charge in [-0.2, -0.15) is 0 Å². The standard InChI is InChI=1S/C7H7NO4/c9-7(10)5-2-1-3-6(4-5)8(11)12/h1-4,11-12H,(H,9,10)/p-1. The van der Waals surface area contributed by atoms with E-state index in [1.807, 2.05) is 0 Å². The minimum Gasteiger partial charge on any atom is -0.545 e. The van der Waals surface area contributed by atoms with Gasteiger partial charge in [0.05, 0.1) is 11.7 Å². The number of carboxylic acid groups (broad SMARTS) is 1. The minimum absolute atomic E-state index is 0.0308. The van der Waals surface area contributed by atoms with E-state index in [-0.39, 0.29) is 16.5 Å². The lowest BCUT2D eigenvalue weighted by molar-refractivity contribution is -0.255. The molecule has 0 saturated carbocycles. The van der Waals surface area contributed by atoms with Crippen LogP contribution in [0.2, 0.25) is 0 Å². The first-order valence-corrected chi connectivity index (χ1v) is 3.10. The quantitative estimate of drug-likeness (QED) is 0.589. The van der Waals surface area contributed by atoms with Gasteiger partial charge in [0.1, 0.15) is 0 Å². The highest BCUT2D eigenvalue weighted by Gasteiger charge is 1.99. The van der Waals surface area contributed by atoms with Crippen molar-refractivity contribution in [1.29, 1.82) is 0 Å². The molecule has 0 heterocycles. The van der Waals surface area contributed by atoms with Crippen molar-refractivity contribution in [3.8, 4) is 0 Å². The average Bonchev–Trinajstić information content (AvgIpc) is 2.04. The van der Waals surface area contributed by atoms with Crippen LogP contribution in [-0.2, 0) is 0 Å². The molecule has 0 spiro atoms. The number of carboxylic acids is 1. The van der Waals surface area contributed by atoms with Crippen LogP contribution >= 0.6 is 0 Å². The summed E-state index contributed by atoms with van der Waals surface area (Å²) in [4.78, 5) is 10.3. The van der Waals surface area contributed by atoms with Crippen LogP contribution in [0.1, 0.15) is 10.4 Å². The first-order valence-electron chi connectivity index (χ1n) is 3.10. The highest BCUT2D eigenvalue weighted by atomic mass is 16.8. The Morgan fingerprint density at radius 2 is 2.08 bits per heavy atom. The second kappa shape index (κ2) is 3.21. The zero-order valence-electron chi connectivity index (χ0n) is 5.97. The molecule has 5 nitrogen and oxygen atoms in total. The van der Waals surface area contributed by atoms with Crippen molar-refractivity contribution in [1.82, 2.24) is 0 Å². The first kappa shape index (κ1) is 8.51. The smallest absolute Gasteiger partial charge is 0.0949 e. The monoisotopic (exact) mass is 168 g/mol. The van der Waals surface area contributed by atoms with Crippen LogP contribution in [-0.4, -0.2) is 16.4 Å². The molecule has 0 radical (unpaired) electrons. The highest BCUT2D eigenvalue weighted by molar-refractivity contribution is 5.86. The molecule has 0 aliphatic heterocycles. The summed E-state index contributed by atoms with van der Waals surface area (Å²) < 4.78 is 0. The van der Waals surface area contributed by atoms with Gasteiger partial charge in [-0.25, -0.2) is 0 Å². The molecule has 0 fully saturated rings. The van der Waals surface area contributed by atoms with E-state index in [1.165, 1.54) is 18.2 Å². The van der Waals surface area contributed by atoms with Crippen LogP contribution in [0.4, 0.5) is 5.69 Å². The summed E-state index contributed by atoms with van der Waals surface area (Å²) in [6, 6.07) is 5.09. The van der Waals surface area contributed by atoms with E-state index in [4.69, 9.17) is 10.4 Å². The van der Waals surface area contributed by atoms with Crippen molar-refractivity contribution in [2.24, 2.45) is 0 Å². The van der Waals surface area contributed by atoms with Gasteiger partial charge in [0.2, 0.25) is 0 Å². The van der Waals surface area contributed by atoms with Gasteiger partial charge in [-0.1, -0.05) is 12.1 Å². The van der Waals surface area contributed by atoms with Crippen molar-refractivity contribution < 1.29 is 20.3 Å². The topological polar surface area (TPSA) is 83.8 Å². The Morgan fingerprint density at radius 1 is 1.42 bits per heavy atom. The molecule has 1 rings (SSSR count). The highest BCUT2D eigenvalue weighted by Crippen LogP contribution is 2.11. The number of carbonyl (C=O) groups is 1. The summed E-state index contributed by atoms with van der Waals surface area (Å²) in [7, 11) is 0. The Hall–Kier alpha value is -1.59. The van der Waals surface area contributed by atoms with E-state index < -0.39 is 5.97 Å². The van der Waals surface area contributed by atoms with Gasteiger partial charge in [0.25, 0.3) is 0 Å². The maximum Gasteiger partial charge on any atom is 0.0949 e. The van der Waals surface area contributed by atoms with Crippen LogP contribution in [0.5, 0.6) is 0 Å². The second-order valence-electron chi connectivity index (χ2n) is 2.13. The van der Waals surface area contributed by atoms with Gasteiger partial charge in [0.15, 0.2) is 0 Å². The lowest BCUT2D eigenvalue weighted by atomic mass is 10.2. The molecule has 12 heavy (non-hydrogen) atoms. The van der Waals surface area contributed by atoms with Gasteiger partial charge >= 0.3 is 0 Å². The maximum atomic E-state index is 10.3. The molecule has 0 aliphatic carbocycles. The van der Waals surface area contributed by atoms with Crippen LogP contribution in [0.3, 0.4) is 0 Å². The van der Waals surface area contributed by atoms with E-state index in [2.05, 4.69) is 0 Å². The van der Waals surface area contributed by atoms with Crippen molar-refractivity contribution in [3.05, 3.63) is 29.8 Å². The van der Waals surface area contributed by atoms with Crippen LogP contribution in [0.25, 0.3) is 0 Å². The number of nitrogens with zero attached hydrogens (tertiary/aromatic N) is 1. The van der Waals surface area contributed by atoms with Crippen molar-refractivity contribution >= 4 is 11.7 Å². The molecule has 0 unspecified atom stereocenters. The largest absolute Gasteiger partial charge is 0.545 e. The number of hydrogen-bond donors (Lipinski definition) is 2. The number of hydrogen-bond acceptors (Lipinski definition) is 5. The molecule has 0 amide bonds. The fraction of sp³-hybridized carbons (Fsp3) is 0. The number of carbonyl (C=O) groups excluding carboxylic acids is 1. The molecule has 5 heteroatoms. The number of benzene rings is 1. The normalized spacial score (nSPS) is 9.50. The third kappa shape index (κ3) is 1.71. The van der Waals surface area contributed by atoms with E-state index in [0.29, 0.717) is 0 Å². The van der Waals surface area contributed by atoms with Crippen LogP contribution < -0.4 is 10.3 Å². The molecular weight excluding hydrogens is 162 g/mol. The predicted molar refractivity (Wildman–Crippen MR) is 36.8 cm³/mol. The van der Waals surface area contributed by atoms with E-state index in [0.717, 1.165) is 6.07 Å². The molecular formula is C7H6NO4-. The maximum absolute atomic E-state index is 10.3. The fourth-order valence-electron chi connectivity index (χ4n) is 0.757. The molecule has 2 N–H and O–H groups in total. The van der Waals surface area contributed by atoms with Crippen molar-refractivity contribution in [2.45, 2.75) is 0 Å². The van der Waals surface area contributed by atoms with Crippen LogP contribution in [0.15, 0.2) is 24.3 Å². The van der Waals surface area contributed by atoms with Crippen LogP contribution in [0, 0.1) is 0 Å². The van der Waals surface area contributed by atoms with Gasteiger partial charge in [-0.15, -0.1) is 5.23 Å². The molecule has 64 valence electrons. The summed E-state index contributed by atoms with van der Waals surface area (Å²) >= 11 is 0. The summed E-state index contributed by atoms with van der Waals surface area (Å²) in [6.07, 6.45) is 0. The third-order valence-corrected chi connectivity index (χ3v) is 1.31. The molecule has 1 aromatic rings. The van der Waals surface area contributed by atoms with Gasteiger partial charge in [0, 0.05) is 0 Å². The Balaban J connectivity index is 3.04. The van der Waals surface area contributed by atoms with E-state index >= 15 is 0 Å². The molecule has 0 saturated heterocycles. The van der Waals surface area contributed by atoms with E-state index in [1.54, 1.807) is 0 Å². The Labute approximate surface area is 68.0 Å². The Bertz CT molecular complexity index is 297. The molecule has 0 aliphatic rings. The summed E-state index contributed by atoms with van der Waals surface area (Å²) in [6.45, 7) is 0. The van der Waals surface area contributed by atoms with Crippen molar-refractivity contribution in [2.75, 3.05) is 5.23 Å². The number of rotatable bonds is 2. The van der Waals surface area contributed by atoms with Crippen molar-refractivity contribution in [3.63, 3.8) is 0 Å². The Kier molecular flexibility index (Phi) is 2.27. The Morgan fingerprint density at radius 3 is 2.58 bits per heavy atom. The van der Waals surface area contributed by atoms with Gasteiger partial charge in [-0.3, -0.25) is 10.4 Å². The third-order valence-electron chi connectivity index (χ3n) is 1.31. The number of anilines is 1. The summed E-state index contributed by atoms with van der Waals surface area (Å²) in [5, 5.41) is 27.1. The average molecular weight is 168 g/mol. The molecule has 0 atom stereocenters. The fourth-order valence-corrected chi connectivity index (χ4v) is 0.757. The zero-order valence-corrected chi connectivity index (χ0v) is 5.97.